The smallest absolute Gasteiger partial charge is 0.0159 e. The molecule has 0 aliphatic heterocycles. The molecule has 10 aromatic carbocycles. The maximum atomic E-state index is 2.41. The summed E-state index contributed by atoms with van der Waals surface area (Å²) in [5.41, 5.74) is 13.1. The van der Waals surface area contributed by atoms with Gasteiger partial charge in [-0.1, -0.05) is 159 Å². The second-order valence-corrected chi connectivity index (χ2v) is 15.3. The van der Waals surface area contributed by atoms with Gasteiger partial charge in [0.25, 0.3) is 0 Å². The van der Waals surface area contributed by atoms with Gasteiger partial charge in [0.15, 0.2) is 0 Å². The maximum absolute atomic E-state index is 2.41. The molecule has 0 spiro atoms. The zero-order valence-corrected chi connectivity index (χ0v) is 29.8. The van der Waals surface area contributed by atoms with E-state index in [0.29, 0.717) is 0 Å². The van der Waals surface area contributed by atoms with Crippen LogP contribution in [0.1, 0.15) is 25.0 Å². The molecule has 1 aliphatic rings. The Kier molecular flexibility index (Phi) is 6.40. The summed E-state index contributed by atoms with van der Waals surface area (Å²) in [6, 6.07) is 68.0. The first-order valence-electron chi connectivity index (χ1n) is 18.7. The minimum absolute atomic E-state index is 0.00432. The Balaban J connectivity index is 0.932. The van der Waals surface area contributed by atoms with Crippen LogP contribution in [-0.4, -0.2) is 0 Å². The van der Waals surface area contributed by atoms with Crippen LogP contribution in [0.3, 0.4) is 0 Å². The van der Waals surface area contributed by atoms with Crippen LogP contribution in [0.25, 0.3) is 98.4 Å². The molecule has 53 heavy (non-hydrogen) atoms. The van der Waals surface area contributed by atoms with Gasteiger partial charge in [0.2, 0.25) is 0 Å². The lowest BCUT2D eigenvalue weighted by molar-refractivity contribution is 0.660. The predicted molar refractivity (Wildman–Crippen MR) is 228 cm³/mol. The molecule has 0 saturated carbocycles. The summed E-state index contributed by atoms with van der Waals surface area (Å²) < 4.78 is 0. The molecule has 0 N–H and O–H groups in total. The fourth-order valence-electron chi connectivity index (χ4n) is 9.20. The number of rotatable bonds is 3. The average Bonchev–Trinajstić information content (AvgIpc) is 3.44. The van der Waals surface area contributed by atoms with Crippen molar-refractivity contribution in [3.05, 3.63) is 193 Å². The molecule has 0 fully saturated rings. The van der Waals surface area contributed by atoms with E-state index < -0.39 is 0 Å². The van der Waals surface area contributed by atoms with Crippen LogP contribution in [0.2, 0.25) is 0 Å². The van der Waals surface area contributed by atoms with Gasteiger partial charge >= 0.3 is 0 Å². The van der Waals surface area contributed by atoms with Crippen LogP contribution in [0, 0.1) is 0 Å². The van der Waals surface area contributed by atoms with Crippen molar-refractivity contribution in [3.8, 4) is 44.5 Å². The predicted octanol–water partition coefficient (Wildman–Crippen LogP) is 14.8. The van der Waals surface area contributed by atoms with Gasteiger partial charge in [0.05, 0.1) is 0 Å². The third-order valence-electron chi connectivity index (χ3n) is 12.0. The Bertz CT molecular complexity index is 3140. The molecule has 0 unspecified atom stereocenters. The van der Waals surface area contributed by atoms with Crippen LogP contribution in [0.4, 0.5) is 0 Å². The van der Waals surface area contributed by atoms with Crippen LogP contribution in [0.15, 0.2) is 182 Å². The molecule has 0 radical (unpaired) electrons. The van der Waals surface area contributed by atoms with Crippen molar-refractivity contribution in [3.63, 3.8) is 0 Å². The lowest BCUT2D eigenvalue weighted by Crippen LogP contribution is -2.14. The fraction of sp³-hybridized carbons (Fsp3) is 0.0566. The average molecular weight is 673 g/mol. The SMILES string of the molecule is CC1(C)c2ccccc2-c2ccc(-c3ccc4cc(-c5ccc6cc(-c7cc8ccc9ccccc9c8c8ccccc78)ccc6c5)ccc4c3)cc21. The van der Waals surface area contributed by atoms with Gasteiger partial charge in [-0.2, -0.15) is 0 Å². The quantitative estimate of drug-likeness (QED) is 0.164. The van der Waals surface area contributed by atoms with Crippen molar-refractivity contribution in [1.29, 1.82) is 0 Å². The summed E-state index contributed by atoms with van der Waals surface area (Å²) in [5, 5.41) is 12.8. The highest BCUT2D eigenvalue weighted by atomic mass is 14.4. The lowest BCUT2D eigenvalue weighted by atomic mass is 9.81. The van der Waals surface area contributed by atoms with Gasteiger partial charge < -0.3 is 0 Å². The van der Waals surface area contributed by atoms with Crippen molar-refractivity contribution in [2.75, 3.05) is 0 Å². The molecule has 0 heterocycles. The minimum Gasteiger partial charge on any atom is -0.0619 e. The lowest BCUT2D eigenvalue weighted by Gasteiger charge is -2.22. The molecule has 11 rings (SSSR count). The normalized spacial score (nSPS) is 13.2. The van der Waals surface area contributed by atoms with E-state index in [1.165, 1.54) is 109 Å². The largest absolute Gasteiger partial charge is 0.0619 e. The maximum Gasteiger partial charge on any atom is 0.0159 e. The molecular formula is C53H36. The summed E-state index contributed by atoms with van der Waals surface area (Å²) >= 11 is 0. The van der Waals surface area contributed by atoms with Crippen molar-refractivity contribution in [2.45, 2.75) is 19.3 Å². The number of benzene rings is 10. The number of hydrogen-bond acceptors (Lipinski definition) is 0. The van der Waals surface area contributed by atoms with Crippen molar-refractivity contribution >= 4 is 53.9 Å². The monoisotopic (exact) mass is 672 g/mol. The van der Waals surface area contributed by atoms with Gasteiger partial charge in [0.1, 0.15) is 0 Å². The molecule has 0 nitrogen and oxygen atoms in total. The molecule has 0 bridgehead atoms. The number of hydrogen-bond donors (Lipinski definition) is 0. The van der Waals surface area contributed by atoms with E-state index in [1.807, 2.05) is 0 Å². The van der Waals surface area contributed by atoms with Crippen molar-refractivity contribution in [2.24, 2.45) is 0 Å². The Labute approximate surface area is 309 Å². The topological polar surface area (TPSA) is 0 Å². The van der Waals surface area contributed by atoms with E-state index in [4.69, 9.17) is 0 Å². The molecule has 0 saturated heterocycles. The highest BCUT2D eigenvalue weighted by Gasteiger charge is 2.35. The molecular weight excluding hydrogens is 637 g/mol. The summed E-state index contributed by atoms with van der Waals surface area (Å²) in [6.45, 7) is 4.70. The third-order valence-corrected chi connectivity index (χ3v) is 12.0. The second kappa shape index (κ2) is 11.2. The Hall–Kier alpha value is -6.50. The van der Waals surface area contributed by atoms with Crippen LogP contribution < -0.4 is 0 Å². The zero-order valence-electron chi connectivity index (χ0n) is 29.8. The molecule has 248 valence electrons. The van der Waals surface area contributed by atoms with Crippen LogP contribution >= 0.6 is 0 Å². The summed E-state index contributed by atoms with van der Waals surface area (Å²) in [5.74, 6) is 0. The zero-order chi connectivity index (χ0) is 35.3. The van der Waals surface area contributed by atoms with Gasteiger partial charge in [-0.3, -0.25) is 0 Å². The van der Waals surface area contributed by atoms with Gasteiger partial charge in [-0.15, -0.1) is 0 Å². The Morgan fingerprint density at radius 1 is 0.283 bits per heavy atom. The Morgan fingerprint density at radius 2 is 0.755 bits per heavy atom. The Morgan fingerprint density at radius 3 is 1.45 bits per heavy atom. The van der Waals surface area contributed by atoms with Gasteiger partial charge in [-0.25, -0.2) is 0 Å². The van der Waals surface area contributed by atoms with Gasteiger partial charge in [-0.05, 0) is 146 Å². The van der Waals surface area contributed by atoms with Crippen molar-refractivity contribution in [1.82, 2.24) is 0 Å². The minimum atomic E-state index is -0.00432. The molecule has 0 aromatic heterocycles. The first-order chi connectivity index (χ1) is 26.0. The van der Waals surface area contributed by atoms with E-state index in [2.05, 4.69) is 196 Å². The summed E-state index contributed by atoms with van der Waals surface area (Å²) in [7, 11) is 0. The van der Waals surface area contributed by atoms with E-state index in [1.54, 1.807) is 0 Å². The van der Waals surface area contributed by atoms with Crippen LogP contribution in [0.5, 0.6) is 0 Å². The highest BCUT2D eigenvalue weighted by Crippen LogP contribution is 2.49. The summed E-state index contributed by atoms with van der Waals surface area (Å²) in [4.78, 5) is 0. The van der Waals surface area contributed by atoms with E-state index in [-0.39, 0.29) is 5.41 Å². The first-order valence-corrected chi connectivity index (χ1v) is 18.7. The molecule has 0 atom stereocenters. The van der Waals surface area contributed by atoms with E-state index >= 15 is 0 Å². The molecule has 10 aromatic rings. The first kappa shape index (κ1) is 30.2. The van der Waals surface area contributed by atoms with E-state index in [0.717, 1.165) is 0 Å². The standard InChI is InChI=1S/C53H36/c1-53(2)50-14-8-7-12-46(50)47-26-25-41(32-51(47)53)39-20-18-35-27-34(16-17-37(35)29-39)36-19-21-40-30-42(23-22-38(40)28-36)49-31-43-24-15-33-9-3-4-10-44(33)52(43)48-13-6-5-11-45(48)49/h3-32H,1-2H3. The van der Waals surface area contributed by atoms with E-state index in [9.17, 15) is 0 Å². The number of fused-ring (bicyclic) bond motifs is 10. The molecule has 0 heteroatoms. The third kappa shape index (κ3) is 4.62. The van der Waals surface area contributed by atoms with Crippen molar-refractivity contribution < 1.29 is 0 Å². The fourth-order valence-corrected chi connectivity index (χ4v) is 9.20. The molecule has 1 aliphatic carbocycles. The molecule has 0 amide bonds. The second-order valence-electron chi connectivity index (χ2n) is 15.3. The van der Waals surface area contributed by atoms with Crippen LogP contribution in [-0.2, 0) is 5.41 Å². The van der Waals surface area contributed by atoms with Gasteiger partial charge in [0, 0.05) is 5.41 Å². The highest BCUT2D eigenvalue weighted by molar-refractivity contribution is 6.23. The summed E-state index contributed by atoms with van der Waals surface area (Å²) in [6.07, 6.45) is 0.